The zero-order valence-electron chi connectivity index (χ0n) is 32.8. The average molecular weight is 747 g/mol. The molecule has 4 aliphatic rings. The summed E-state index contributed by atoms with van der Waals surface area (Å²) in [5.41, 5.74) is 9.46. The van der Waals surface area contributed by atoms with Gasteiger partial charge in [0.25, 0.3) is 11.8 Å². The van der Waals surface area contributed by atoms with Gasteiger partial charge in [0.15, 0.2) is 0 Å². The van der Waals surface area contributed by atoms with Gasteiger partial charge >= 0.3 is 6.03 Å². The topological polar surface area (TPSA) is 84.4 Å². The zero-order valence-corrected chi connectivity index (χ0v) is 33.5. The van der Waals surface area contributed by atoms with E-state index >= 15 is 0 Å². The number of carbonyl (C=O) groups excluding carboxylic acids is 3. The van der Waals surface area contributed by atoms with Crippen LogP contribution >= 0.6 is 11.6 Å². The SMILES string of the molecule is CCN1/C(=C/C=C2\CC/C(=C\C=C3\N(CC)c4ccc(C#CCCCCO)cc4C3(C)C)C2=C2C(=O)N(C)C(=O)N(C)C2=O)C(C)(C)c2cc(Cl)ccc21. The lowest BCUT2D eigenvalue weighted by Gasteiger charge is -2.30. The number of allylic oxidation sites excluding steroid dienone is 9. The van der Waals surface area contributed by atoms with Crippen molar-refractivity contribution in [1.29, 1.82) is 0 Å². The summed E-state index contributed by atoms with van der Waals surface area (Å²) in [6, 6.07) is 11.8. The van der Waals surface area contributed by atoms with Gasteiger partial charge in [0.05, 0.1) is 0 Å². The highest BCUT2D eigenvalue weighted by atomic mass is 35.5. The lowest BCUT2D eigenvalue weighted by molar-refractivity contribution is -0.134. The number of barbiturate groups is 1. The molecule has 282 valence electrons. The van der Waals surface area contributed by atoms with Crippen molar-refractivity contribution in [1.82, 2.24) is 9.80 Å². The van der Waals surface area contributed by atoms with Crippen molar-refractivity contribution in [2.75, 3.05) is 43.6 Å². The molecule has 1 saturated heterocycles. The minimum atomic E-state index is -0.645. The Morgan fingerprint density at radius 1 is 0.741 bits per heavy atom. The first kappa shape index (κ1) is 38.9. The summed E-state index contributed by atoms with van der Waals surface area (Å²) < 4.78 is 0. The third-order valence-corrected chi connectivity index (χ3v) is 11.6. The minimum absolute atomic E-state index is 0.0167. The number of amides is 4. The molecule has 0 bridgehead atoms. The van der Waals surface area contributed by atoms with Crippen LogP contribution in [0.1, 0.15) is 90.3 Å². The molecule has 0 aromatic heterocycles. The predicted molar refractivity (Wildman–Crippen MR) is 217 cm³/mol. The summed E-state index contributed by atoms with van der Waals surface area (Å²) in [4.78, 5) is 47.2. The lowest BCUT2D eigenvalue weighted by Crippen LogP contribution is -2.53. The van der Waals surface area contributed by atoms with E-state index < -0.39 is 17.8 Å². The van der Waals surface area contributed by atoms with E-state index in [0.29, 0.717) is 23.4 Å². The molecule has 54 heavy (non-hydrogen) atoms. The number of aliphatic hydroxyl groups excluding tert-OH is 1. The molecular weight excluding hydrogens is 696 g/mol. The van der Waals surface area contributed by atoms with Crippen LogP contribution in [0, 0.1) is 11.8 Å². The quantitative estimate of drug-likeness (QED) is 0.132. The normalized spacial score (nSPS) is 22.0. The molecule has 4 amide bonds. The number of rotatable bonds is 7. The van der Waals surface area contributed by atoms with Gasteiger partial charge in [-0.3, -0.25) is 19.4 Å². The average Bonchev–Trinajstić information content (AvgIpc) is 3.71. The number of benzene rings is 2. The van der Waals surface area contributed by atoms with Gasteiger partial charge in [-0.15, -0.1) is 0 Å². The van der Waals surface area contributed by atoms with Crippen LogP contribution in [0.3, 0.4) is 0 Å². The number of urea groups is 1. The summed E-state index contributed by atoms with van der Waals surface area (Å²) in [6.07, 6.45) is 12.0. The van der Waals surface area contributed by atoms with E-state index in [-0.39, 0.29) is 23.0 Å². The number of unbranched alkanes of at least 4 members (excludes halogenated alkanes) is 2. The van der Waals surface area contributed by atoms with Gasteiger partial charge in [-0.1, -0.05) is 63.3 Å². The first-order valence-electron chi connectivity index (χ1n) is 19.0. The van der Waals surface area contributed by atoms with Crippen molar-refractivity contribution < 1.29 is 19.5 Å². The third-order valence-electron chi connectivity index (χ3n) is 11.4. The number of anilines is 2. The summed E-state index contributed by atoms with van der Waals surface area (Å²) in [6.45, 7) is 14.8. The molecule has 2 fully saturated rings. The van der Waals surface area contributed by atoms with Crippen molar-refractivity contribution >= 4 is 40.8 Å². The molecule has 1 aliphatic carbocycles. The number of aliphatic hydroxyl groups is 1. The Kier molecular flexibility index (Phi) is 10.9. The Morgan fingerprint density at radius 2 is 1.26 bits per heavy atom. The summed E-state index contributed by atoms with van der Waals surface area (Å²) in [7, 11) is 2.85. The highest BCUT2D eigenvalue weighted by Crippen LogP contribution is 2.50. The molecule has 0 unspecified atom stereocenters. The van der Waals surface area contributed by atoms with Gasteiger partial charge in [-0.2, -0.15) is 0 Å². The van der Waals surface area contributed by atoms with Gasteiger partial charge in [0.2, 0.25) is 0 Å². The predicted octanol–water partition coefficient (Wildman–Crippen LogP) is 8.55. The largest absolute Gasteiger partial charge is 0.396 e. The summed E-state index contributed by atoms with van der Waals surface area (Å²) >= 11 is 6.45. The van der Waals surface area contributed by atoms with E-state index in [4.69, 9.17) is 16.7 Å². The van der Waals surface area contributed by atoms with Gasteiger partial charge in [-0.05, 0) is 116 Å². The van der Waals surface area contributed by atoms with E-state index in [9.17, 15) is 14.4 Å². The monoisotopic (exact) mass is 746 g/mol. The molecule has 2 aromatic carbocycles. The first-order chi connectivity index (χ1) is 25.7. The maximum Gasteiger partial charge on any atom is 0.333 e. The smallest absolute Gasteiger partial charge is 0.333 e. The maximum atomic E-state index is 13.8. The highest BCUT2D eigenvalue weighted by molar-refractivity contribution is 6.31. The standard InChI is InChI=1S/C45H51ClN4O4/c1-9-49-35-22-16-29(15-13-11-12-14-26-51)27-33(35)44(3,4)37(49)24-19-30-17-18-31(39(30)40-41(52)47(7)43(54)48(8)42(40)53)20-25-38-45(5,6)34-28-32(46)21-23-36(34)50(38)10-2/h16,19-25,27-28,51H,9-12,14,17-18,26H2,1-8H3/b30-19+,31-20+,37-24+,38-25+. The zero-order chi connectivity index (χ0) is 39.1. The number of imide groups is 2. The maximum absolute atomic E-state index is 13.8. The fraction of sp³-hybridized carbons (Fsp3) is 0.400. The van der Waals surface area contributed by atoms with Gasteiger partial charge in [0.1, 0.15) is 5.57 Å². The van der Waals surface area contributed by atoms with Crippen LogP contribution in [0.2, 0.25) is 5.02 Å². The molecule has 3 heterocycles. The van der Waals surface area contributed by atoms with E-state index in [1.54, 1.807) is 0 Å². The summed E-state index contributed by atoms with van der Waals surface area (Å²) in [5, 5.41) is 9.78. The van der Waals surface area contributed by atoms with Crippen LogP contribution in [-0.2, 0) is 20.4 Å². The van der Waals surface area contributed by atoms with Crippen LogP contribution in [0.4, 0.5) is 16.2 Å². The molecule has 0 spiro atoms. The van der Waals surface area contributed by atoms with E-state index in [1.807, 2.05) is 12.1 Å². The molecule has 0 radical (unpaired) electrons. The molecule has 2 aromatic rings. The van der Waals surface area contributed by atoms with Crippen LogP contribution in [0.15, 0.2) is 94.4 Å². The Balaban J connectivity index is 1.45. The second-order valence-corrected chi connectivity index (χ2v) is 15.8. The van der Waals surface area contributed by atoms with Gasteiger partial charge in [-0.25, -0.2) is 4.79 Å². The van der Waals surface area contributed by atoms with E-state index in [2.05, 4.69) is 112 Å². The molecule has 9 heteroatoms. The van der Waals surface area contributed by atoms with Gasteiger partial charge < -0.3 is 14.9 Å². The van der Waals surface area contributed by atoms with Crippen molar-refractivity contribution in [3.05, 3.63) is 116 Å². The number of halogens is 1. The Morgan fingerprint density at radius 3 is 1.78 bits per heavy atom. The fourth-order valence-corrected chi connectivity index (χ4v) is 8.52. The van der Waals surface area contributed by atoms with Crippen molar-refractivity contribution in [3.63, 3.8) is 0 Å². The van der Waals surface area contributed by atoms with Crippen molar-refractivity contribution in [3.8, 4) is 11.8 Å². The van der Waals surface area contributed by atoms with E-state index in [1.165, 1.54) is 19.7 Å². The summed E-state index contributed by atoms with van der Waals surface area (Å²) in [5.74, 6) is 5.37. The van der Waals surface area contributed by atoms with Crippen molar-refractivity contribution in [2.45, 2.75) is 84.5 Å². The number of likely N-dealkylation sites (N-methyl/N-ethyl adjacent to an activating group) is 4. The number of nitrogens with zero attached hydrogens (tertiary/aromatic N) is 4. The number of hydrogen-bond donors (Lipinski definition) is 1. The number of fused-ring (bicyclic) bond motifs is 2. The van der Waals surface area contributed by atoms with Crippen LogP contribution < -0.4 is 9.80 Å². The molecular formula is C45H51ClN4O4. The number of carbonyl (C=O) groups is 3. The Bertz CT molecular complexity index is 2110. The Hall–Kier alpha value is -4.84. The van der Waals surface area contributed by atoms with Gasteiger partial charge in [0, 0.05) is 84.4 Å². The van der Waals surface area contributed by atoms with Crippen LogP contribution in [-0.4, -0.2) is 66.5 Å². The lowest BCUT2D eigenvalue weighted by atomic mass is 9.83. The highest BCUT2D eigenvalue weighted by Gasteiger charge is 2.43. The first-order valence-corrected chi connectivity index (χ1v) is 19.3. The second-order valence-electron chi connectivity index (χ2n) is 15.4. The second kappa shape index (κ2) is 15.1. The molecule has 1 saturated carbocycles. The molecule has 1 N–H and O–H groups in total. The molecule has 8 nitrogen and oxygen atoms in total. The minimum Gasteiger partial charge on any atom is -0.396 e. The fourth-order valence-electron chi connectivity index (χ4n) is 8.35. The molecule has 6 rings (SSSR count). The number of hydrogen-bond acceptors (Lipinski definition) is 6. The Labute approximate surface area is 325 Å². The van der Waals surface area contributed by atoms with Crippen molar-refractivity contribution in [2.24, 2.45) is 0 Å². The van der Waals surface area contributed by atoms with Crippen LogP contribution in [0.25, 0.3) is 0 Å². The van der Waals surface area contributed by atoms with Crippen LogP contribution in [0.5, 0.6) is 0 Å². The van der Waals surface area contributed by atoms with E-state index in [0.717, 1.165) is 87.2 Å². The molecule has 3 aliphatic heterocycles. The third kappa shape index (κ3) is 6.62. The molecule has 0 atom stereocenters.